The Morgan fingerprint density at radius 3 is 2.68 bits per heavy atom. The number of nitrogens with zero attached hydrogens (tertiary/aromatic N) is 2. The lowest BCUT2D eigenvalue weighted by Gasteiger charge is -2.10. The summed E-state index contributed by atoms with van der Waals surface area (Å²) in [5.41, 5.74) is 3.15. The summed E-state index contributed by atoms with van der Waals surface area (Å²) in [5, 5.41) is 3.08. The van der Waals surface area contributed by atoms with Gasteiger partial charge in [0, 0.05) is 31.5 Å². The summed E-state index contributed by atoms with van der Waals surface area (Å²) in [6.45, 7) is 2.65. The SMILES string of the molecule is CCc1cc(NC)nc(-c2ccccc2COC)n1. The first-order chi connectivity index (χ1) is 9.28. The first kappa shape index (κ1) is 13.5. The molecule has 1 aromatic heterocycles. The molecule has 4 heteroatoms. The molecule has 0 aliphatic rings. The van der Waals surface area contributed by atoms with E-state index >= 15 is 0 Å². The number of ether oxygens (including phenoxy) is 1. The van der Waals surface area contributed by atoms with Gasteiger partial charge in [0.15, 0.2) is 5.82 Å². The third-order valence-electron chi connectivity index (χ3n) is 2.96. The number of hydrogen-bond acceptors (Lipinski definition) is 4. The third kappa shape index (κ3) is 3.09. The van der Waals surface area contributed by atoms with Crippen LogP contribution < -0.4 is 5.32 Å². The molecule has 0 radical (unpaired) electrons. The number of nitrogens with one attached hydrogen (secondary N) is 1. The van der Waals surface area contributed by atoms with Gasteiger partial charge in [0.05, 0.1) is 6.61 Å². The highest BCUT2D eigenvalue weighted by atomic mass is 16.5. The summed E-state index contributed by atoms with van der Waals surface area (Å²) in [6.07, 6.45) is 0.886. The summed E-state index contributed by atoms with van der Waals surface area (Å²) in [5.74, 6) is 1.59. The van der Waals surface area contributed by atoms with Crippen LogP contribution in [0.3, 0.4) is 0 Å². The van der Waals surface area contributed by atoms with Crippen LogP contribution in [0.15, 0.2) is 30.3 Å². The lowest BCUT2D eigenvalue weighted by Crippen LogP contribution is -2.02. The highest BCUT2D eigenvalue weighted by molar-refractivity contribution is 5.62. The van der Waals surface area contributed by atoms with Crippen molar-refractivity contribution < 1.29 is 4.74 Å². The second-order valence-electron chi connectivity index (χ2n) is 4.26. The van der Waals surface area contributed by atoms with E-state index in [1.807, 2.05) is 37.4 Å². The smallest absolute Gasteiger partial charge is 0.162 e. The van der Waals surface area contributed by atoms with Crippen molar-refractivity contribution in [2.75, 3.05) is 19.5 Å². The van der Waals surface area contributed by atoms with E-state index < -0.39 is 0 Å². The average molecular weight is 257 g/mol. The van der Waals surface area contributed by atoms with Crippen LogP contribution in [-0.2, 0) is 17.8 Å². The zero-order chi connectivity index (χ0) is 13.7. The van der Waals surface area contributed by atoms with Gasteiger partial charge in [-0.05, 0) is 12.0 Å². The van der Waals surface area contributed by atoms with Gasteiger partial charge in [0.1, 0.15) is 5.82 Å². The topological polar surface area (TPSA) is 47.0 Å². The normalized spacial score (nSPS) is 10.5. The maximum atomic E-state index is 5.23. The first-order valence-electron chi connectivity index (χ1n) is 6.41. The molecule has 0 aliphatic heterocycles. The zero-order valence-corrected chi connectivity index (χ0v) is 11.6. The fourth-order valence-corrected chi connectivity index (χ4v) is 1.95. The maximum absolute atomic E-state index is 5.23. The monoisotopic (exact) mass is 257 g/mol. The van der Waals surface area contributed by atoms with Crippen LogP contribution in [-0.4, -0.2) is 24.1 Å². The summed E-state index contributed by atoms with van der Waals surface area (Å²) in [6, 6.07) is 10.0. The molecular weight excluding hydrogens is 238 g/mol. The zero-order valence-electron chi connectivity index (χ0n) is 11.6. The molecule has 1 N–H and O–H groups in total. The molecule has 1 heterocycles. The van der Waals surface area contributed by atoms with Crippen molar-refractivity contribution in [1.29, 1.82) is 0 Å². The van der Waals surface area contributed by atoms with Crippen molar-refractivity contribution >= 4 is 5.82 Å². The van der Waals surface area contributed by atoms with Crippen LogP contribution in [0.2, 0.25) is 0 Å². The quantitative estimate of drug-likeness (QED) is 0.894. The minimum Gasteiger partial charge on any atom is -0.380 e. The average Bonchev–Trinajstić information content (AvgIpc) is 2.47. The van der Waals surface area contributed by atoms with Gasteiger partial charge in [-0.25, -0.2) is 9.97 Å². The van der Waals surface area contributed by atoms with Gasteiger partial charge in [-0.2, -0.15) is 0 Å². The van der Waals surface area contributed by atoms with Crippen molar-refractivity contribution in [3.63, 3.8) is 0 Å². The number of aromatic nitrogens is 2. The molecule has 0 amide bonds. The minimum atomic E-state index is 0.560. The van der Waals surface area contributed by atoms with Crippen LogP contribution in [0.25, 0.3) is 11.4 Å². The molecule has 2 rings (SSSR count). The van der Waals surface area contributed by atoms with E-state index in [1.165, 1.54) is 0 Å². The summed E-state index contributed by atoms with van der Waals surface area (Å²) in [4.78, 5) is 9.14. The van der Waals surface area contributed by atoms with E-state index in [0.717, 1.165) is 34.9 Å². The van der Waals surface area contributed by atoms with Crippen molar-refractivity contribution in [3.05, 3.63) is 41.6 Å². The number of anilines is 1. The van der Waals surface area contributed by atoms with Crippen LogP contribution >= 0.6 is 0 Å². The van der Waals surface area contributed by atoms with Gasteiger partial charge in [-0.3, -0.25) is 0 Å². The molecule has 0 bridgehead atoms. The lowest BCUT2D eigenvalue weighted by atomic mass is 10.1. The Balaban J connectivity index is 2.51. The predicted molar refractivity (Wildman–Crippen MR) is 77.1 cm³/mol. The number of hydrogen-bond donors (Lipinski definition) is 1. The Bertz CT molecular complexity index is 533. The van der Waals surface area contributed by atoms with E-state index in [2.05, 4.69) is 22.2 Å². The molecule has 4 nitrogen and oxygen atoms in total. The Morgan fingerprint density at radius 1 is 1.21 bits per heavy atom. The van der Waals surface area contributed by atoms with E-state index in [1.54, 1.807) is 7.11 Å². The van der Waals surface area contributed by atoms with Crippen LogP contribution in [0, 0.1) is 0 Å². The van der Waals surface area contributed by atoms with Crippen molar-refractivity contribution in [2.24, 2.45) is 0 Å². The molecular formula is C15H19N3O. The van der Waals surface area contributed by atoms with Gasteiger partial charge in [-0.15, -0.1) is 0 Å². The van der Waals surface area contributed by atoms with E-state index in [-0.39, 0.29) is 0 Å². The maximum Gasteiger partial charge on any atom is 0.162 e. The molecule has 0 fully saturated rings. The highest BCUT2D eigenvalue weighted by Crippen LogP contribution is 2.22. The van der Waals surface area contributed by atoms with Crippen molar-refractivity contribution in [1.82, 2.24) is 9.97 Å². The summed E-state index contributed by atoms with van der Waals surface area (Å²) < 4.78 is 5.23. The number of rotatable bonds is 5. The van der Waals surface area contributed by atoms with Gasteiger partial charge in [-0.1, -0.05) is 31.2 Å². The van der Waals surface area contributed by atoms with E-state index in [4.69, 9.17) is 4.74 Å². The molecule has 0 saturated heterocycles. The molecule has 0 aliphatic carbocycles. The lowest BCUT2D eigenvalue weighted by molar-refractivity contribution is 0.185. The Morgan fingerprint density at radius 2 is 2.00 bits per heavy atom. The van der Waals surface area contributed by atoms with E-state index in [9.17, 15) is 0 Å². The Kier molecular flexibility index (Phi) is 4.47. The molecule has 0 saturated carbocycles. The second-order valence-corrected chi connectivity index (χ2v) is 4.26. The van der Waals surface area contributed by atoms with Gasteiger partial charge < -0.3 is 10.1 Å². The fraction of sp³-hybridized carbons (Fsp3) is 0.333. The van der Waals surface area contributed by atoms with E-state index in [0.29, 0.717) is 6.61 Å². The fourth-order valence-electron chi connectivity index (χ4n) is 1.95. The van der Waals surface area contributed by atoms with Crippen molar-refractivity contribution in [3.8, 4) is 11.4 Å². The summed E-state index contributed by atoms with van der Waals surface area (Å²) >= 11 is 0. The predicted octanol–water partition coefficient (Wildman–Crippen LogP) is 2.89. The van der Waals surface area contributed by atoms with Crippen LogP contribution in [0.4, 0.5) is 5.82 Å². The number of benzene rings is 1. The molecule has 0 spiro atoms. The van der Waals surface area contributed by atoms with Gasteiger partial charge in [0.2, 0.25) is 0 Å². The van der Waals surface area contributed by atoms with Gasteiger partial charge >= 0.3 is 0 Å². The first-order valence-corrected chi connectivity index (χ1v) is 6.41. The van der Waals surface area contributed by atoms with Crippen LogP contribution in [0.5, 0.6) is 0 Å². The highest BCUT2D eigenvalue weighted by Gasteiger charge is 2.09. The number of aryl methyl sites for hydroxylation is 1. The standard InChI is InChI=1S/C15H19N3O/c1-4-12-9-14(16-2)18-15(17-12)13-8-6-5-7-11(13)10-19-3/h5-9H,4,10H2,1-3H3,(H,16,17,18). The molecule has 100 valence electrons. The van der Waals surface area contributed by atoms with Gasteiger partial charge in [0.25, 0.3) is 0 Å². The second kappa shape index (κ2) is 6.29. The Hall–Kier alpha value is -1.94. The molecule has 2 aromatic rings. The molecule has 0 atom stereocenters. The minimum absolute atomic E-state index is 0.560. The van der Waals surface area contributed by atoms with Crippen molar-refractivity contribution in [2.45, 2.75) is 20.0 Å². The summed E-state index contributed by atoms with van der Waals surface area (Å²) in [7, 11) is 3.56. The Labute approximate surface area is 113 Å². The molecule has 0 unspecified atom stereocenters. The largest absolute Gasteiger partial charge is 0.380 e. The molecule has 19 heavy (non-hydrogen) atoms. The number of methoxy groups -OCH3 is 1. The third-order valence-corrected chi connectivity index (χ3v) is 2.96. The van der Waals surface area contributed by atoms with Crippen LogP contribution in [0.1, 0.15) is 18.2 Å². The molecule has 1 aromatic carbocycles.